The molecule has 156 valence electrons. The van der Waals surface area contributed by atoms with Gasteiger partial charge >= 0.3 is 0 Å². The fourth-order valence-corrected chi connectivity index (χ4v) is 2.84. The number of aromatic hydroxyl groups is 1. The maximum absolute atomic E-state index is 13.8. The molecular formula is C21H11F5N4O. The van der Waals surface area contributed by atoms with Crippen molar-refractivity contribution in [1.82, 2.24) is 9.97 Å². The minimum absolute atomic E-state index is 0.0753. The first-order valence-corrected chi connectivity index (χ1v) is 8.74. The van der Waals surface area contributed by atoms with Gasteiger partial charge in [-0.15, -0.1) is 0 Å². The zero-order valence-corrected chi connectivity index (χ0v) is 15.4. The number of hydrazone groups is 1. The van der Waals surface area contributed by atoms with E-state index in [4.69, 9.17) is 0 Å². The van der Waals surface area contributed by atoms with E-state index in [1.165, 1.54) is 6.07 Å². The molecule has 10 heteroatoms. The first kappa shape index (κ1) is 20.2. The van der Waals surface area contributed by atoms with Crippen molar-refractivity contribution in [2.24, 2.45) is 5.10 Å². The third kappa shape index (κ3) is 3.63. The number of hydrogen-bond donors (Lipinski definition) is 2. The highest BCUT2D eigenvalue weighted by Gasteiger charge is 2.24. The van der Waals surface area contributed by atoms with Gasteiger partial charge in [0.05, 0.1) is 22.9 Å². The number of hydrogen-bond acceptors (Lipinski definition) is 5. The summed E-state index contributed by atoms with van der Waals surface area (Å²) in [5, 5.41) is 14.1. The molecule has 3 aromatic carbocycles. The van der Waals surface area contributed by atoms with Crippen LogP contribution < -0.4 is 5.43 Å². The van der Waals surface area contributed by atoms with Gasteiger partial charge in [0.15, 0.2) is 34.9 Å². The molecule has 1 heterocycles. The molecule has 0 aliphatic carbocycles. The van der Waals surface area contributed by atoms with Crippen molar-refractivity contribution in [3.05, 3.63) is 83.2 Å². The highest BCUT2D eigenvalue weighted by Crippen LogP contribution is 2.30. The zero-order valence-electron chi connectivity index (χ0n) is 15.4. The minimum atomic E-state index is -2.26. The topological polar surface area (TPSA) is 70.4 Å². The Morgan fingerprint density at radius 1 is 0.774 bits per heavy atom. The number of phenols is 1. The number of fused-ring (bicyclic) bond motifs is 1. The van der Waals surface area contributed by atoms with Gasteiger partial charge in [0, 0.05) is 5.39 Å². The molecule has 0 radical (unpaired) electrons. The number of para-hydroxylation sites is 2. The monoisotopic (exact) mass is 430 g/mol. The second kappa shape index (κ2) is 7.98. The van der Waals surface area contributed by atoms with Gasteiger partial charge in [-0.2, -0.15) is 5.10 Å². The summed E-state index contributed by atoms with van der Waals surface area (Å²) in [4.78, 5) is 8.64. The molecule has 0 bridgehead atoms. The number of phenolic OH excluding ortho intramolecular Hbond substituents is 1. The Balaban J connectivity index is 1.77. The molecule has 2 N–H and O–H groups in total. The fraction of sp³-hybridized carbons (Fsp3) is 0. The normalized spacial score (nSPS) is 11.4. The molecule has 1 aromatic heterocycles. The Kier molecular flexibility index (Phi) is 5.20. The van der Waals surface area contributed by atoms with E-state index in [0.717, 1.165) is 0 Å². The lowest BCUT2D eigenvalue weighted by Gasteiger charge is -2.09. The lowest BCUT2D eigenvalue weighted by molar-refractivity contribution is 0.377. The highest BCUT2D eigenvalue weighted by molar-refractivity contribution is 5.91. The van der Waals surface area contributed by atoms with E-state index < -0.39 is 34.6 Å². The van der Waals surface area contributed by atoms with E-state index in [1.54, 1.807) is 42.5 Å². The number of nitrogens with one attached hydrogen (secondary N) is 1. The predicted molar refractivity (Wildman–Crippen MR) is 104 cm³/mol. The van der Waals surface area contributed by atoms with E-state index in [-0.39, 0.29) is 17.4 Å². The van der Waals surface area contributed by atoms with Crippen molar-refractivity contribution in [1.29, 1.82) is 0 Å². The van der Waals surface area contributed by atoms with Gasteiger partial charge in [0.25, 0.3) is 0 Å². The molecule has 31 heavy (non-hydrogen) atoms. The average molecular weight is 430 g/mol. The summed E-state index contributed by atoms with van der Waals surface area (Å²) in [7, 11) is 0. The van der Waals surface area contributed by atoms with E-state index in [9.17, 15) is 27.1 Å². The number of benzene rings is 3. The molecule has 0 atom stereocenters. The van der Waals surface area contributed by atoms with Crippen molar-refractivity contribution in [2.75, 3.05) is 5.43 Å². The summed E-state index contributed by atoms with van der Waals surface area (Å²) >= 11 is 0. The molecule has 0 amide bonds. The van der Waals surface area contributed by atoms with Crippen LogP contribution in [-0.2, 0) is 0 Å². The highest BCUT2D eigenvalue weighted by atomic mass is 19.2. The SMILES string of the molecule is Oc1ccccc1-c1nc(NN=Cc2c(F)c(F)c(F)c(F)c2F)c2ccccc2n1. The lowest BCUT2D eigenvalue weighted by atomic mass is 10.1. The molecule has 0 saturated heterocycles. The lowest BCUT2D eigenvalue weighted by Crippen LogP contribution is -2.07. The van der Waals surface area contributed by atoms with Crippen LogP contribution in [0.1, 0.15) is 5.56 Å². The molecule has 4 rings (SSSR count). The van der Waals surface area contributed by atoms with Crippen LogP contribution in [0.15, 0.2) is 53.6 Å². The van der Waals surface area contributed by atoms with Crippen LogP contribution in [0, 0.1) is 29.1 Å². The molecule has 0 aliphatic rings. The summed E-state index contributed by atoms with van der Waals surface area (Å²) in [6.07, 6.45) is 0.465. The first-order chi connectivity index (χ1) is 14.9. The second-order valence-corrected chi connectivity index (χ2v) is 6.28. The summed E-state index contributed by atoms with van der Waals surface area (Å²) in [5.41, 5.74) is 2.02. The number of halogens is 5. The summed E-state index contributed by atoms with van der Waals surface area (Å²) in [6.45, 7) is 0. The average Bonchev–Trinajstić information content (AvgIpc) is 2.78. The van der Waals surface area contributed by atoms with E-state index in [1.807, 2.05) is 0 Å². The number of anilines is 1. The van der Waals surface area contributed by atoms with E-state index in [2.05, 4.69) is 20.5 Å². The molecule has 0 fully saturated rings. The van der Waals surface area contributed by atoms with Gasteiger partial charge < -0.3 is 5.11 Å². The van der Waals surface area contributed by atoms with Gasteiger partial charge in [-0.25, -0.2) is 31.9 Å². The van der Waals surface area contributed by atoms with Gasteiger partial charge in [0.1, 0.15) is 5.75 Å². The third-order valence-electron chi connectivity index (χ3n) is 4.36. The second-order valence-electron chi connectivity index (χ2n) is 6.28. The molecule has 0 saturated carbocycles. The molecule has 0 spiro atoms. The van der Waals surface area contributed by atoms with Gasteiger partial charge in [-0.1, -0.05) is 24.3 Å². The Morgan fingerprint density at radius 3 is 2.10 bits per heavy atom. The fourth-order valence-electron chi connectivity index (χ4n) is 2.84. The Morgan fingerprint density at radius 2 is 1.39 bits per heavy atom. The van der Waals surface area contributed by atoms with Crippen molar-refractivity contribution in [2.45, 2.75) is 0 Å². The Labute approximate surface area is 171 Å². The van der Waals surface area contributed by atoms with Crippen LogP contribution in [0.2, 0.25) is 0 Å². The summed E-state index contributed by atoms with van der Waals surface area (Å²) in [5.74, 6) is -10.3. The van der Waals surface area contributed by atoms with Gasteiger partial charge in [-0.3, -0.25) is 5.43 Å². The summed E-state index contributed by atoms with van der Waals surface area (Å²) in [6, 6.07) is 13.0. The maximum atomic E-state index is 13.8. The Bertz CT molecular complexity index is 1310. The number of nitrogens with zero attached hydrogens (tertiary/aromatic N) is 3. The zero-order chi connectivity index (χ0) is 22.1. The molecule has 4 aromatic rings. The molecule has 0 aliphatic heterocycles. The third-order valence-corrected chi connectivity index (χ3v) is 4.36. The standard InChI is InChI=1S/C21H11F5N4O/c22-15-12(16(23)18(25)19(26)17(15)24)9-27-30-21-10-5-1-3-7-13(10)28-20(29-21)11-6-2-4-8-14(11)31/h1-9,31H,(H,28,29,30). The van der Waals surface area contributed by atoms with Crippen LogP contribution >= 0.6 is 0 Å². The minimum Gasteiger partial charge on any atom is -0.507 e. The molecule has 5 nitrogen and oxygen atoms in total. The largest absolute Gasteiger partial charge is 0.507 e. The van der Waals surface area contributed by atoms with Crippen molar-refractivity contribution in [3.8, 4) is 17.1 Å². The van der Waals surface area contributed by atoms with Crippen LogP contribution in [0.3, 0.4) is 0 Å². The number of rotatable bonds is 4. The van der Waals surface area contributed by atoms with Crippen LogP contribution in [-0.4, -0.2) is 21.3 Å². The van der Waals surface area contributed by atoms with E-state index >= 15 is 0 Å². The summed E-state index contributed by atoms with van der Waals surface area (Å²) < 4.78 is 67.5. The van der Waals surface area contributed by atoms with Crippen molar-refractivity contribution >= 4 is 22.9 Å². The maximum Gasteiger partial charge on any atom is 0.200 e. The van der Waals surface area contributed by atoms with E-state index in [0.29, 0.717) is 22.7 Å². The van der Waals surface area contributed by atoms with Gasteiger partial charge in [0.2, 0.25) is 5.82 Å². The van der Waals surface area contributed by atoms with Crippen LogP contribution in [0.4, 0.5) is 27.8 Å². The predicted octanol–water partition coefficient (Wildman–Crippen LogP) is 5.14. The van der Waals surface area contributed by atoms with Crippen LogP contribution in [0.25, 0.3) is 22.3 Å². The smallest absolute Gasteiger partial charge is 0.200 e. The quantitative estimate of drug-likeness (QED) is 0.155. The molecule has 0 unspecified atom stereocenters. The van der Waals surface area contributed by atoms with Gasteiger partial charge in [-0.05, 0) is 24.3 Å². The molecular weight excluding hydrogens is 419 g/mol. The number of aromatic nitrogens is 2. The Hall–Kier alpha value is -4.08. The van der Waals surface area contributed by atoms with Crippen molar-refractivity contribution < 1.29 is 27.1 Å². The first-order valence-electron chi connectivity index (χ1n) is 8.74. The van der Waals surface area contributed by atoms with Crippen LogP contribution in [0.5, 0.6) is 5.75 Å². The van der Waals surface area contributed by atoms with Crippen molar-refractivity contribution in [3.63, 3.8) is 0 Å².